The summed E-state index contributed by atoms with van der Waals surface area (Å²) in [5, 5.41) is 0. The van der Waals surface area contributed by atoms with Crippen LogP contribution in [0.1, 0.15) is 59.9 Å². The van der Waals surface area contributed by atoms with Crippen LogP contribution in [-0.4, -0.2) is 0 Å². The molecule has 0 saturated carbocycles. The number of allylic oxidation sites excluding steroid dienone is 4. The fourth-order valence-corrected chi connectivity index (χ4v) is 4.35. The average Bonchev–Trinajstić information content (AvgIpc) is 2.85. The molecule has 0 nitrogen and oxygen atoms in total. The molecule has 1 atom stereocenters. The first kappa shape index (κ1) is 24.3. The molecule has 0 N–H and O–H groups in total. The van der Waals surface area contributed by atoms with Gasteiger partial charge in [-0.25, -0.2) is 0 Å². The topological polar surface area (TPSA) is 0 Å². The van der Waals surface area contributed by atoms with Gasteiger partial charge in [0, 0.05) is 5.92 Å². The van der Waals surface area contributed by atoms with E-state index in [4.69, 9.17) is 0 Å². The van der Waals surface area contributed by atoms with Gasteiger partial charge in [0.1, 0.15) is 0 Å². The highest BCUT2D eigenvalue weighted by Gasteiger charge is 2.19. The quantitative estimate of drug-likeness (QED) is 0.265. The summed E-state index contributed by atoms with van der Waals surface area (Å²) in [5.74, 6) is 0.108. The molecular weight excluding hydrogens is 396 g/mol. The van der Waals surface area contributed by atoms with Crippen LogP contribution in [0.2, 0.25) is 0 Å². The first-order chi connectivity index (χ1) is 16.0. The van der Waals surface area contributed by atoms with Crippen LogP contribution in [0, 0.1) is 6.92 Å². The van der Waals surface area contributed by atoms with E-state index in [1.165, 1.54) is 39.0 Å². The third kappa shape index (κ3) is 6.56. The lowest BCUT2D eigenvalue weighted by molar-refractivity contribution is 0.842. The molecule has 0 spiro atoms. The molecule has 0 heterocycles. The van der Waals surface area contributed by atoms with Crippen molar-refractivity contribution >= 4 is 11.6 Å². The second-order valence-corrected chi connectivity index (χ2v) is 8.73. The van der Waals surface area contributed by atoms with E-state index >= 15 is 0 Å². The molecule has 0 radical (unpaired) electrons. The zero-order chi connectivity index (χ0) is 23.6. The van der Waals surface area contributed by atoms with Crippen LogP contribution in [0.5, 0.6) is 0 Å². The highest BCUT2D eigenvalue weighted by Crippen LogP contribution is 2.38. The molecule has 33 heavy (non-hydrogen) atoms. The fourth-order valence-electron chi connectivity index (χ4n) is 4.35. The zero-order valence-electron chi connectivity index (χ0n) is 20.2. The van der Waals surface area contributed by atoms with E-state index < -0.39 is 0 Å². The van der Waals surface area contributed by atoms with Crippen molar-refractivity contribution in [1.82, 2.24) is 0 Å². The van der Waals surface area contributed by atoms with Gasteiger partial charge in [-0.2, -0.15) is 0 Å². The molecule has 0 aliphatic rings. The molecule has 3 rings (SSSR count). The minimum absolute atomic E-state index is 0.108. The molecule has 0 amide bonds. The van der Waals surface area contributed by atoms with Gasteiger partial charge in [0.25, 0.3) is 0 Å². The Morgan fingerprint density at radius 1 is 0.818 bits per heavy atom. The molecule has 0 heteroatoms. The van der Waals surface area contributed by atoms with Crippen LogP contribution in [0.4, 0.5) is 0 Å². The highest BCUT2D eigenvalue weighted by atomic mass is 14.2. The first-order valence-corrected chi connectivity index (χ1v) is 11.9. The summed E-state index contributed by atoms with van der Waals surface area (Å²) in [5.41, 5.74) is 10.0. The number of aryl methyl sites for hydroxylation is 1. The molecule has 1 unspecified atom stereocenters. The standard InChI is InChI=1S/C33H36/c1-6-29-20-14-22-30(27(29)4)21-13-15-25(2)23-24-26(3)33(32-18-11-8-12-19-32)28(5)31-16-9-7-10-17-31/h7-14,16-22,33H,2-3,5-6,15,23-24H2,1,4H3. The van der Waals surface area contributed by atoms with E-state index in [2.05, 4.69) is 119 Å². The molecule has 3 aromatic rings. The maximum atomic E-state index is 4.49. The lowest BCUT2D eigenvalue weighted by Gasteiger charge is -2.23. The Hall–Kier alpha value is -3.38. The van der Waals surface area contributed by atoms with E-state index in [-0.39, 0.29) is 5.92 Å². The van der Waals surface area contributed by atoms with E-state index in [9.17, 15) is 0 Å². The summed E-state index contributed by atoms with van der Waals surface area (Å²) in [6, 6.07) is 27.6. The fraction of sp³-hybridized carbons (Fsp3) is 0.212. The van der Waals surface area contributed by atoms with Crippen LogP contribution in [-0.2, 0) is 6.42 Å². The van der Waals surface area contributed by atoms with E-state index in [0.717, 1.165) is 31.3 Å². The normalized spacial score (nSPS) is 11.9. The van der Waals surface area contributed by atoms with Crippen LogP contribution in [0.15, 0.2) is 116 Å². The average molecular weight is 433 g/mol. The first-order valence-electron chi connectivity index (χ1n) is 11.9. The van der Waals surface area contributed by atoms with E-state index in [1.54, 1.807) is 0 Å². The maximum Gasteiger partial charge on any atom is 0.0296 e. The van der Waals surface area contributed by atoms with Gasteiger partial charge in [0.15, 0.2) is 0 Å². The molecule has 0 fully saturated rings. The van der Waals surface area contributed by atoms with Gasteiger partial charge in [0.2, 0.25) is 0 Å². The Morgan fingerprint density at radius 2 is 1.48 bits per heavy atom. The van der Waals surface area contributed by atoms with Crippen molar-refractivity contribution in [3.05, 3.63) is 144 Å². The Balaban J connectivity index is 1.64. The smallest absolute Gasteiger partial charge is 0.0296 e. The van der Waals surface area contributed by atoms with Crippen molar-refractivity contribution in [3.63, 3.8) is 0 Å². The maximum absolute atomic E-state index is 4.49. The van der Waals surface area contributed by atoms with Crippen molar-refractivity contribution in [2.45, 2.75) is 45.4 Å². The Bertz CT molecular complexity index is 1110. The van der Waals surface area contributed by atoms with Crippen molar-refractivity contribution in [2.75, 3.05) is 0 Å². The molecule has 0 aliphatic carbocycles. The lowest BCUT2D eigenvalue weighted by atomic mass is 9.81. The third-order valence-electron chi connectivity index (χ3n) is 6.41. The Labute approximate surface area is 200 Å². The minimum atomic E-state index is 0.108. The molecule has 168 valence electrons. The molecule has 0 bridgehead atoms. The molecular formula is C33H36. The summed E-state index contributed by atoms with van der Waals surface area (Å²) in [7, 11) is 0. The van der Waals surface area contributed by atoms with Crippen LogP contribution in [0.25, 0.3) is 11.6 Å². The molecule has 0 saturated heterocycles. The molecule has 3 aromatic carbocycles. The third-order valence-corrected chi connectivity index (χ3v) is 6.41. The van der Waals surface area contributed by atoms with E-state index in [0.29, 0.717) is 0 Å². The number of benzene rings is 3. The Morgan fingerprint density at radius 3 is 2.15 bits per heavy atom. The summed E-state index contributed by atoms with van der Waals surface area (Å²) in [6.45, 7) is 17.7. The lowest BCUT2D eigenvalue weighted by Crippen LogP contribution is -2.05. The minimum Gasteiger partial charge on any atom is -0.0995 e. The van der Waals surface area contributed by atoms with Crippen LogP contribution >= 0.6 is 0 Å². The van der Waals surface area contributed by atoms with Gasteiger partial charge < -0.3 is 0 Å². The summed E-state index contributed by atoms with van der Waals surface area (Å²) < 4.78 is 0. The molecule has 0 aliphatic heterocycles. The largest absolute Gasteiger partial charge is 0.0995 e. The van der Waals surface area contributed by atoms with E-state index in [1.807, 2.05) is 6.07 Å². The highest BCUT2D eigenvalue weighted by molar-refractivity contribution is 5.72. The number of hydrogen-bond donors (Lipinski definition) is 0. The van der Waals surface area contributed by atoms with Gasteiger partial charge in [-0.15, -0.1) is 0 Å². The van der Waals surface area contributed by atoms with Crippen molar-refractivity contribution in [3.8, 4) is 0 Å². The predicted octanol–water partition coefficient (Wildman–Crippen LogP) is 9.35. The second kappa shape index (κ2) is 12.0. The molecule has 0 aromatic heterocycles. The predicted molar refractivity (Wildman–Crippen MR) is 146 cm³/mol. The SMILES string of the molecule is C=C(CC=Cc1cccc(CC)c1C)CCC(=C)C(C(=C)c1ccccc1)c1ccccc1. The Kier molecular flexibility index (Phi) is 8.84. The van der Waals surface area contributed by atoms with Gasteiger partial charge in [0.05, 0.1) is 0 Å². The van der Waals surface area contributed by atoms with Crippen molar-refractivity contribution in [2.24, 2.45) is 0 Å². The summed E-state index contributed by atoms with van der Waals surface area (Å²) in [4.78, 5) is 0. The monoisotopic (exact) mass is 432 g/mol. The van der Waals surface area contributed by atoms with Gasteiger partial charge in [-0.1, -0.05) is 129 Å². The summed E-state index contributed by atoms with van der Waals surface area (Å²) in [6.07, 6.45) is 8.27. The number of rotatable bonds is 11. The van der Waals surface area contributed by atoms with Crippen LogP contribution < -0.4 is 0 Å². The second-order valence-electron chi connectivity index (χ2n) is 8.73. The van der Waals surface area contributed by atoms with Crippen molar-refractivity contribution in [1.29, 1.82) is 0 Å². The summed E-state index contributed by atoms with van der Waals surface area (Å²) >= 11 is 0. The van der Waals surface area contributed by atoms with Gasteiger partial charge in [-0.3, -0.25) is 0 Å². The number of hydrogen-bond acceptors (Lipinski definition) is 0. The van der Waals surface area contributed by atoms with Gasteiger partial charge in [-0.05, 0) is 66.0 Å². The van der Waals surface area contributed by atoms with Crippen molar-refractivity contribution < 1.29 is 0 Å². The zero-order valence-corrected chi connectivity index (χ0v) is 20.2. The van der Waals surface area contributed by atoms with Gasteiger partial charge >= 0.3 is 0 Å². The van der Waals surface area contributed by atoms with Crippen LogP contribution in [0.3, 0.4) is 0 Å².